The first-order valence-electron chi connectivity index (χ1n) is 10.4. The predicted molar refractivity (Wildman–Crippen MR) is 114 cm³/mol. The van der Waals surface area contributed by atoms with Gasteiger partial charge in [0.25, 0.3) is 5.91 Å². The summed E-state index contributed by atoms with van der Waals surface area (Å²) in [7, 11) is 0. The van der Waals surface area contributed by atoms with Gasteiger partial charge in [-0.15, -0.1) is 0 Å². The average molecular weight is 414 g/mol. The fourth-order valence-electron chi connectivity index (χ4n) is 4.47. The first kappa shape index (κ1) is 20.3. The van der Waals surface area contributed by atoms with Gasteiger partial charge >= 0.3 is 0 Å². The molecule has 1 unspecified atom stereocenters. The zero-order chi connectivity index (χ0) is 20.3. The summed E-state index contributed by atoms with van der Waals surface area (Å²) in [6.07, 6.45) is 4.57. The second-order valence-electron chi connectivity index (χ2n) is 8.19. The van der Waals surface area contributed by atoms with E-state index < -0.39 is 0 Å². The largest absolute Gasteiger partial charge is 0.368 e. The smallest absolute Gasteiger partial charge is 0.254 e. The minimum Gasteiger partial charge on any atom is -0.368 e. The summed E-state index contributed by atoms with van der Waals surface area (Å²) >= 11 is 6.23. The van der Waals surface area contributed by atoms with Crippen molar-refractivity contribution in [2.24, 2.45) is 0 Å². The van der Waals surface area contributed by atoms with Crippen LogP contribution in [0.4, 0.5) is 0 Å². The Labute approximate surface area is 177 Å². The van der Waals surface area contributed by atoms with Crippen LogP contribution in [-0.2, 0) is 11.2 Å². The third-order valence-electron chi connectivity index (χ3n) is 5.98. The van der Waals surface area contributed by atoms with Crippen molar-refractivity contribution in [3.63, 3.8) is 0 Å². The molecule has 0 aliphatic carbocycles. The molecule has 0 radical (unpaired) electrons. The van der Waals surface area contributed by atoms with Gasteiger partial charge in [0.15, 0.2) is 0 Å². The number of nitrogens with zero attached hydrogens (tertiary/aromatic N) is 3. The Kier molecular flexibility index (Phi) is 6.18. The highest BCUT2D eigenvalue weighted by atomic mass is 35.5. The predicted octanol–water partition coefficient (Wildman–Crippen LogP) is 3.67. The van der Waals surface area contributed by atoms with Crippen LogP contribution < -0.4 is 0 Å². The fraction of sp³-hybridized carbons (Fsp3) is 0.478. The van der Waals surface area contributed by atoms with Gasteiger partial charge in [0.05, 0.1) is 29.0 Å². The Bertz CT molecular complexity index is 837. The van der Waals surface area contributed by atoms with Crippen molar-refractivity contribution in [3.05, 3.63) is 64.9 Å². The van der Waals surface area contributed by atoms with Crippen molar-refractivity contribution in [2.75, 3.05) is 32.7 Å². The number of rotatable bonds is 4. The maximum Gasteiger partial charge on any atom is 0.254 e. The highest BCUT2D eigenvalue weighted by Gasteiger charge is 2.43. The Morgan fingerprint density at radius 3 is 2.69 bits per heavy atom. The van der Waals surface area contributed by atoms with E-state index in [1.54, 1.807) is 6.20 Å². The number of likely N-dealkylation sites (tertiary alicyclic amines) is 1. The first-order chi connectivity index (χ1) is 14.0. The third kappa shape index (κ3) is 4.80. The normalized spacial score (nSPS) is 22.0. The van der Waals surface area contributed by atoms with E-state index in [2.05, 4.69) is 16.8 Å². The van der Waals surface area contributed by atoms with Crippen molar-refractivity contribution < 1.29 is 9.53 Å². The molecule has 0 N–H and O–H groups in total. The zero-order valence-corrected chi connectivity index (χ0v) is 17.6. The molecule has 6 heteroatoms. The molecule has 2 fully saturated rings. The number of hydrogen-bond donors (Lipinski definition) is 0. The van der Waals surface area contributed by atoms with Crippen LogP contribution in [-0.4, -0.2) is 65.1 Å². The van der Waals surface area contributed by atoms with E-state index in [4.69, 9.17) is 16.3 Å². The van der Waals surface area contributed by atoms with Crippen LogP contribution >= 0.6 is 11.6 Å². The maximum absolute atomic E-state index is 13.0. The number of ether oxygens (including phenoxy) is 1. The van der Waals surface area contributed by atoms with Crippen LogP contribution in [0.2, 0.25) is 5.02 Å². The standard InChI is InChI=1S/C23H28ClN3O2/c1-18-16-27(22(28)19-6-3-2-4-7-19)17-23(29-18)10-14-26(15-11-23)13-9-21-20(24)8-5-12-25-21/h2-8,12,18H,9-11,13-17H2,1H3. The van der Waals surface area contributed by atoms with Crippen molar-refractivity contribution in [2.45, 2.75) is 37.9 Å². The fourth-order valence-corrected chi connectivity index (χ4v) is 4.68. The molecule has 1 aromatic heterocycles. The summed E-state index contributed by atoms with van der Waals surface area (Å²) in [6, 6.07) is 13.3. The summed E-state index contributed by atoms with van der Waals surface area (Å²) in [5.74, 6) is 0.104. The Morgan fingerprint density at radius 2 is 1.97 bits per heavy atom. The lowest BCUT2D eigenvalue weighted by molar-refractivity contribution is -0.161. The Morgan fingerprint density at radius 1 is 1.21 bits per heavy atom. The number of halogens is 1. The van der Waals surface area contributed by atoms with Gasteiger partial charge in [-0.1, -0.05) is 29.8 Å². The molecule has 1 spiro atoms. The van der Waals surface area contributed by atoms with Gasteiger partial charge in [-0.2, -0.15) is 0 Å². The lowest BCUT2D eigenvalue weighted by Gasteiger charge is -2.49. The van der Waals surface area contributed by atoms with E-state index in [9.17, 15) is 4.79 Å². The number of pyridine rings is 1. The molecule has 0 bridgehead atoms. The first-order valence-corrected chi connectivity index (χ1v) is 10.8. The quantitative estimate of drug-likeness (QED) is 0.767. The third-order valence-corrected chi connectivity index (χ3v) is 6.33. The molecule has 3 heterocycles. The van der Waals surface area contributed by atoms with E-state index in [0.717, 1.165) is 55.2 Å². The molecule has 2 aliphatic heterocycles. The molecule has 5 nitrogen and oxygen atoms in total. The second kappa shape index (κ2) is 8.82. The van der Waals surface area contributed by atoms with Crippen LogP contribution in [0.5, 0.6) is 0 Å². The second-order valence-corrected chi connectivity index (χ2v) is 8.59. The summed E-state index contributed by atoms with van der Waals surface area (Å²) in [4.78, 5) is 21.8. The summed E-state index contributed by atoms with van der Waals surface area (Å²) in [5.41, 5.74) is 1.47. The Balaban J connectivity index is 1.35. The van der Waals surface area contributed by atoms with Crippen molar-refractivity contribution in [1.29, 1.82) is 0 Å². The number of carbonyl (C=O) groups is 1. The number of carbonyl (C=O) groups excluding carboxylic acids is 1. The van der Waals surface area contributed by atoms with Gasteiger partial charge in [-0.25, -0.2) is 0 Å². The molecule has 2 saturated heterocycles. The Hall–Kier alpha value is -1.95. The van der Waals surface area contributed by atoms with Crippen molar-refractivity contribution in [1.82, 2.24) is 14.8 Å². The lowest BCUT2D eigenvalue weighted by Crippen LogP contribution is -2.60. The van der Waals surface area contributed by atoms with Crippen LogP contribution in [0.25, 0.3) is 0 Å². The molecular weight excluding hydrogens is 386 g/mol. The molecule has 2 aliphatic rings. The number of hydrogen-bond acceptors (Lipinski definition) is 4. The van der Waals surface area contributed by atoms with E-state index in [0.29, 0.717) is 13.1 Å². The minimum atomic E-state index is -0.235. The van der Waals surface area contributed by atoms with E-state index >= 15 is 0 Å². The summed E-state index contributed by atoms with van der Waals surface area (Å²) < 4.78 is 6.41. The van der Waals surface area contributed by atoms with E-state index in [1.165, 1.54) is 0 Å². The van der Waals surface area contributed by atoms with Gasteiger partial charge in [0.2, 0.25) is 0 Å². The minimum absolute atomic E-state index is 0.0512. The molecule has 4 rings (SSSR count). The number of aromatic nitrogens is 1. The number of morpholine rings is 1. The van der Waals surface area contributed by atoms with Crippen LogP contribution in [0.3, 0.4) is 0 Å². The molecular formula is C23H28ClN3O2. The van der Waals surface area contributed by atoms with Gasteiger partial charge < -0.3 is 14.5 Å². The SMILES string of the molecule is CC1CN(C(=O)c2ccccc2)CC2(CCN(CCc3ncccc3Cl)CC2)O1. The van der Waals surface area contributed by atoms with Gasteiger partial charge in [-0.05, 0) is 44.0 Å². The molecule has 1 atom stereocenters. The van der Waals surface area contributed by atoms with E-state index in [1.807, 2.05) is 47.4 Å². The summed E-state index contributed by atoms with van der Waals surface area (Å²) in [5, 5.41) is 0.737. The molecule has 0 saturated carbocycles. The highest BCUT2D eigenvalue weighted by Crippen LogP contribution is 2.33. The monoisotopic (exact) mass is 413 g/mol. The van der Waals surface area contributed by atoms with Crippen LogP contribution in [0.15, 0.2) is 48.7 Å². The topological polar surface area (TPSA) is 45.7 Å². The molecule has 29 heavy (non-hydrogen) atoms. The molecule has 2 aromatic rings. The molecule has 1 amide bonds. The summed E-state index contributed by atoms with van der Waals surface area (Å²) in [6.45, 7) is 6.26. The number of piperidine rings is 1. The van der Waals surface area contributed by atoms with Gasteiger partial charge in [-0.3, -0.25) is 9.78 Å². The number of benzene rings is 1. The molecule has 1 aromatic carbocycles. The average Bonchev–Trinajstić information content (AvgIpc) is 2.74. The molecule has 154 valence electrons. The maximum atomic E-state index is 13.0. The van der Waals surface area contributed by atoms with Crippen LogP contribution in [0, 0.1) is 0 Å². The highest BCUT2D eigenvalue weighted by molar-refractivity contribution is 6.31. The zero-order valence-electron chi connectivity index (χ0n) is 16.9. The van der Waals surface area contributed by atoms with Crippen molar-refractivity contribution >= 4 is 17.5 Å². The van der Waals surface area contributed by atoms with Gasteiger partial charge in [0, 0.05) is 44.4 Å². The number of amides is 1. The lowest BCUT2D eigenvalue weighted by atomic mass is 9.88. The van der Waals surface area contributed by atoms with E-state index in [-0.39, 0.29) is 17.6 Å². The van der Waals surface area contributed by atoms with Crippen LogP contribution in [0.1, 0.15) is 35.8 Å². The van der Waals surface area contributed by atoms with Crippen molar-refractivity contribution in [3.8, 4) is 0 Å². The van der Waals surface area contributed by atoms with Gasteiger partial charge in [0.1, 0.15) is 0 Å².